The minimum absolute atomic E-state index is 0.0362. The van der Waals surface area contributed by atoms with Gasteiger partial charge in [-0.05, 0) is 34.9 Å². The van der Waals surface area contributed by atoms with Crippen LogP contribution in [0.4, 0.5) is 0 Å². The van der Waals surface area contributed by atoms with Crippen LogP contribution in [0.25, 0.3) is 11.1 Å². The lowest BCUT2D eigenvalue weighted by molar-refractivity contribution is 0.0697. The molecule has 0 spiro atoms. The summed E-state index contributed by atoms with van der Waals surface area (Å²) in [5.74, 6) is 0.994. The number of nitrogens with zero attached hydrogens (tertiary/aromatic N) is 2. The molecule has 1 aromatic heterocycles. The van der Waals surface area contributed by atoms with Gasteiger partial charge >= 0.3 is 5.97 Å². The molecule has 5 nitrogen and oxygen atoms in total. The lowest BCUT2D eigenvalue weighted by Gasteiger charge is -2.12. The number of carboxylic acid groups (broad SMARTS) is 1. The number of hydrogen-bond acceptors (Lipinski definition) is 4. The fourth-order valence-corrected chi connectivity index (χ4v) is 4.31. The molecule has 0 aliphatic carbocycles. The Morgan fingerprint density at radius 1 is 1.10 bits per heavy atom. The normalized spacial score (nSPS) is 11.0. The summed E-state index contributed by atoms with van der Waals surface area (Å²) in [6, 6.07) is 15.0. The molecule has 0 amide bonds. The number of aliphatic hydroxyl groups excluding tert-OH is 1. The monoisotopic (exact) mass is 424 g/mol. The third-order valence-electron chi connectivity index (χ3n) is 5.06. The average Bonchev–Trinajstić information content (AvgIpc) is 3.08. The highest BCUT2D eigenvalue weighted by atomic mass is 32.2. The predicted octanol–water partition coefficient (Wildman–Crippen LogP) is 5.24. The smallest absolute Gasteiger partial charge is 0.336 e. The fraction of sp³-hybridized carbons (Fsp3) is 0.333. The Balaban J connectivity index is 1.91. The number of unbranched alkanes of at least 4 members (excludes halogenated alkanes) is 1. The van der Waals surface area contributed by atoms with Crippen molar-refractivity contribution in [2.75, 3.05) is 5.75 Å². The lowest BCUT2D eigenvalue weighted by Crippen LogP contribution is -2.09. The minimum Gasteiger partial charge on any atom is -0.478 e. The molecule has 2 aromatic carbocycles. The predicted molar refractivity (Wildman–Crippen MR) is 121 cm³/mol. The SMILES string of the molecule is CCCCc1nc(SCC)c(CO)n1Cc1ccc(-c2ccccc2C(=O)O)cc1. The number of hydrogen-bond donors (Lipinski definition) is 2. The van der Waals surface area contributed by atoms with Crippen LogP contribution >= 0.6 is 11.8 Å². The van der Waals surface area contributed by atoms with Gasteiger partial charge in [0.15, 0.2) is 0 Å². The summed E-state index contributed by atoms with van der Waals surface area (Å²) in [6.07, 6.45) is 3.04. The number of aromatic nitrogens is 2. The summed E-state index contributed by atoms with van der Waals surface area (Å²) in [4.78, 5) is 16.3. The zero-order chi connectivity index (χ0) is 21.5. The molecular weight excluding hydrogens is 396 g/mol. The Hall–Kier alpha value is -2.57. The number of carbonyl (C=O) groups is 1. The van der Waals surface area contributed by atoms with Crippen molar-refractivity contribution >= 4 is 17.7 Å². The Morgan fingerprint density at radius 2 is 1.83 bits per heavy atom. The van der Waals surface area contributed by atoms with E-state index in [4.69, 9.17) is 4.98 Å². The number of thioether (sulfide) groups is 1. The molecule has 30 heavy (non-hydrogen) atoms. The first-order chi connectivity index (χ1) is 14.6. The highest BCUT2D eigenvalue weighted by Gasteiger charge is 2.17. The van der Waals surface area contributed by atoms with Gasteiger partial charge in [0.1, 0.15) is 10.9 Å². The molecule has 158 valence electrons. The van der Waals surface area contributed by atoms with Gasteiger partial charge in [0.05, 0.1) is 17.9 Å². The summed E-state index contributed by atoms with van der Waals surface area (Å²) >= 11 is 1.66. The molecule has 0 unspecified atom stereocenters. The summed E-state index contributed by atoms with van der Waals surface area (Å²) in [5, 5.41) is 20.3. The van der Waals surface area contributed by atoms with E-state index >= 15 is 0 Å². The Bertz CT molecular complexity index is 996. The second-order valence-electron chi connectivity index (χ2n) is 7.11. The van der Waals surface area contributed by atoms with Crippen molar-refractivity contribution < 1.29 is 15.0 Å². The van der Waals surface area contributed by atoms with E-state index in [9.17, 15) is 15.0 Å². The first kappa shape index (κ1) is 22.1. The molecule has 0 fully saturated rings. The van der Waals surface area contributed by atoms with Gasteiger partial charge in [0, 0.05) is 13.0 Å². The average molecular weight is 425 g/mol. The number of aromatic carboxylic acids is 1. The summed E-state index contributed by atoms with van der Waals surface area (Å²) in [5.41, 5.74) is 3.84. The standard InChI is InChI=1S/C24H28N2O3S/c1-3-5-10-22-25-23(30-4-2)21(16-27)26(22)15-17-11-13-18(14-12-17)19-8-6-7-9-20(19)24(28)29/h6-9,11-14,27H,3-5,10,15-16H2,1-2H3,(H,28,29). The zero-order valence-corrected chi connectivity index (χ0v) is 18.3. The summed E-state index contributed by atoms with van der Waals surface area (Å²) in [7, 11) is 0. The van der Waals surface area contributed by atoms with E-state index < -0.39 is 5.97 Å². The second-order valence-corrected chi connectivity index (χ2v) is 8.36. The van der Waals surface area contributed by atoms with E-state index in [1.807, 2.05) is 36.4 Å². The number of aliphatic hydroxyl groups is 1. The van der Waals surface area contributed by atoms with Crippen LogP contribution in [0.5, 0.6) is 0 Å². The number of rotatable bonds is 10. The first-order valence-corrected chi connectivity index (χ1v) is 11.3. The van der Waals surface area contributed by atoms with Gasteiger partial charge in [-0.25, -0.2) is 9.78 Å². The molecule has 2 N–H and O–H groups in total. The van der Waals surface area contributed by atoms with Crippen molar-refractivity contribution in [3.63, 3.8) is 0 Å². The third kappa shape index (κ3) is 4.94. The van der Waals surface area contributed by atoms with Crippen molar-refractivity contribution in [1.82, 2.24) is 9.55 Å². The highest BCUT2D eigenvalue weighted by Crippen LogP contribution is 2.27. The molecule has 3 aromatic rings. The van der Waals surface area contributed by atoms with Crippen molar-refractivity contribution in [3.8, 4) is 11.1 Å². The van der Waals surface area contributed by atoms with Crippen molar-refractivity contribution in [2.45, 2.75) is 51.3 Å². The maximum atomic E-state index is 11.5. The van der Waals surface area contributed by atoms with Crippen LogP contribution in [0.2, 0.25) is 0 Å². The van der Waals surface area contributed by atoms with Gasteiger partial charge in [0.25, 0.3) is 0 Å². The topological polar surface area (TPSA) is 75.4 Å². The van der Waals surface area contributed by atoms with Crippen LogP contribution in [-0.2, 0) is 19.6 Å². The van der Waals surface area contributed by atoms with Crippen LogP contribution in [0.1, 0.15) is 54.1 Å². The van der Waals surface area contributed by atoms with Gasteiger partial charge in [-0.1, -0.05) is 62.7 Å². The summed E-state index contributed by atoms with van der Waals surface area (Å²) in [6.45, 7) is 4.85. The van der Waals surface area contributed by atoms with Crippen LogP contribution in [0.15, 0.2) is 53.6 Å². The van der Waals surface area contributed by atoms with E-state index in [0.717, 1.165) is 52.7 Å². The van der Waals surface area contributed by atoms with Crippen molar-refractivity contribution in [2.24, 2.45) is 0 Å². The van der Waals surface area contributed by atoms with Crippen molar-refractivity contribution in [3.05, 3.63) is 71.2 Å². The molecule has 0 aliphatic heterocycles. The molecule has 0 radical (unpaired) electrons. The molecule has 1 heterocycles. The fourth-order valence-electron chi connectivity index (χ4n) is 3.52. The van der Waals surface area contributed by atoms with Crippen LogP contribution in [-0.4, -0.2) is 31.5 Å². The van der Waals surface area contributed by atoms with E-state index in [1.165, 1.54) is 0 Å². The lowest BCUT2D eigenvalue weighted by atomic mass is 9.99. The number of carboxylic acids is 1. The quantitative estimate of drug-likeness (QED) is 0.435. The highest BCUT2D eigenvalue weighted by molar-refractivity contribution is 7.99. The van der Waals surface area contributed by atoms with Gasteiger partial charge < -0.3 is 14.8 Å². The second kappa shape index (κ2) is 10.5. The molecular formula is C24H28N2O3S. The molecule has 0 saturated carbocycles. The molecule has 3 rings (SSSR count). The Morgan fingerprint density at radius 3 is 2.47 bits per heavy atom. The van der Waals surface area contributed by atoms with E-state index in [0.29, 0.717) is 17.7 Å². The van der Waals surface area contributed by atoms with E-state index in [1.54, 1.807) is 23.9 Å². The molecule has 6 heteroatoms. The Kier molecular flexibility index (Phi) is 7.71. The van der Waals surface area contributed by atoms with Gasteiger partial charge in [-0.15, -0.1) is 11.8 Å². The molecule has 0 aliphatic rings. The number of aryl methyl sites for hydroxylation is 1. The van der Waals surface area contributed by atoms with Gasteiger partial charge in [-0.2, -0.15) is 0 Å². The van der Waals surface area contributed by atoms with Crippen molar-refractivity contribution in [1.29, 1.82) is 0 Å². The first-order valence-electron chi connectivity index (χ1n) is 10.3. The van der Waals surface area contributed by atoms with E-state index in [2.05, 4.69) is 18.4 Å². The zero-order valence-electron chi connectivity index (χ0n) is 17.5. The number of imidazole rings is 1. The molecule has 0 saturated heterocycles. The van der Waals surface area contributed by atoms with Crippen LogP contribution < -0.4 is 0 Å². The maximum Gasteiger partial charge on any atom is 0.336 e. The maximum absolute atomic E-state index is 11.5. The van der Waals surface area contributed by atoms with E-state index in [-0.39, 0.29) is 6.61 Å². The third-order valence-corrected chi connectivity index (χ3v) is 5.95. The largest absolute Gasteiger partial charge is 0.478 e. The Labute approximate surface area is 181 Å². The molecule has 0 atom stereocenters. The minimum atomic E-state index is -0.929. The number of benzene rings is 2. The molecule has 0 bridgehead atoms. The van der Waals surface area contributed by atoms with Gasteiger partial charge in [0.2, 0.25) is 0 Å². The van der Waals surface area contributed by atoms with Crippen LogP contribution in [0, 0.1) is 0 Å². The van der Waals surface area contributed by atoms with Gasteiger partial charge in [-0.3, -0.25) is 0 Å². The van der Waals surface area contributed by atoms with Crippen LogP contribution in [0.3, 0.4) is 0 Å². The summed E-state index contributed by atoms with van der Waals surface area (Å²) < 4.78 is 2.13.